The average Bonchev–Trinajstić information content (AvgIpc) is 3.71. The van der Waals surface area contributed by atoms with Gasteiger partial charge in [-0.2, -0.15) is 0 Å². The Morgan fingerprint density at radius 3 is 2.07 bits per heavy atom. The fourth-order valence-corrected chi connectivity index (χ4v) is 6.32. The number of carbonyl (C=O) groups is 1. The van der Waals surface area contributed by atoms with Crippen molar-refractivity contribution in [1.29, 1.82) is 0 Å². The number of urea groups is 1. The number of aromatic nitrogens is 2. The van der Waals surface area contributed by atoms with E-state index in [1.807, 2.05) is 120 Å². The summed E-state index contributed by atoms with van der Waals surface area (Å²) in [5.74, 6) is 1.61. The molecule has 236 valence electrons. The largest absolute Gasteiger partial charge is 0.457 e. The number of para-hydroxylation sites is 1. The Kier molecular flexibility index (Phi) is 10.2. The molecule has 1 aliphatic rings. The van der Waals surface area contributed by atoms with Crippen LogP contribution in [-0.2, 0) is 33.2 Å². The smallest absolute Gasteiger partial charge is 0.320 e. The van der Waals surface area contributed by atoms with Crippen molar-refractivity contribution in [1.82, 2.24) is 24.3 Å². The van der Waals surface area contributed by atoms with Crippen LogP contribution in [0, 0.1) is 0 Å². The Balaban J connectivity index is 1.18. The number of imidazole rings is 1. The predicted octanol–water partition coefficient (Wildman–Crippen LogP) is 8.42. The number of benzene rings is 4. The SMILES string of the molecule is Cn1cncc1CN(Cc1ccc(Oc2ccccc2)cc1)[C@H]1CCN(C(=O)N(Cc2cccc(Cl)c2)Cc2cccc(Cl)c2)C1. The van der Waals surface area contributed by atoms with Crippen molar-refractivity contribution in [2.24, 2.45) is 7.05 Å². The summed E-state index contributed by atoms with van der Waals surface area (Å²) in [6.07, 6.45) is 4.62. The number of halogens is 2. The van der Waals surface area contributed by atoms with Gasteiger partial charge < -0.3 is 19.1 Å². The monoisotopic (exact) mass is 653 g/mol. The van der Waals surface area contributed by atoms with Crippen LogP contribution in [0.15, 0.2) is 116 Å². The van der Waals surface area contributed by atoms with Crippen molar-refractivity contribution in [3.05, 3.63) is 148 Å². The van der Waals surface area contributed by atoms with Crippen LogP contribution in [0.3, 0.4) is 0 Å². The van der Waals surface area contributed by atoms with E-state index in [0.717, 1.165) is 47.8 Å². The van der Waals surface area contributed by atoms with Crippen LogP contribution in [0.25, 0.3) is 0 Å². The van der Waals surface area contributed by atoms with Gasteiger partial charge in [0.1, 0.15) is 11.5 Å². The number of likely N-dealkylation sites (tertiary alicyclic amines) is 1. The third kappa shape index (κ3) is 8.29. The second kappa shape index (κ2) is 14.9. The number of nitrogens with zero attached hydrogens (tertiary/aromatic N) is 5. The van der Waals surface area contributed by atoms with E-state index in [2.05, 4.69) is 26.6 Å². The van der Waals surface area contributed by atoms with Crippen molar-refractivity contribution in [2.45, 2.75) is 38.6 Å². The van der Waals surface area contributed by atoms with Crippen LogP contribution in [0.5, 0.6) is 11.5 Å². The van der Waals surface area contributed by atoms with Gasteiger partial charge in [0.25, 0.3) is 0 Å². The maximum absolute atomic E-state index is 14.1. The second-order valence-electron chi connectivity index (χ2n) is 11.7. The molecule has 5 aromatic rings. The molecule has 2 amide bonds. The number of amides is 2. The Labute approximate surface area is 280 Å². The molecular weight excluding hydrogens is 617 g/mol. The van der Waals surface area contributed by atoms with Gasteiger partial charge in [-0.25, -0.2) is 9.78 Å². The van der Waals surface area contributed by atoms with Gasteiger partial charge >= 0.3 is 6.03 Å². The first-order chi connectivity index (χ1) is 22.4. The normalized spacial score (nSPS) is 14.5. The molecule has 4 aromatic carbocycles. The van der Waals surface area contributed by atoms with Crippen molar-refractivity contribution in [2.75, 3.05) is 13.1 Å². The molecule has 2 heterocycles. The van der Waals surface area contributed by atoms with Crippen LogP contribution in [-0.4, -0.2) is 49.4 Å². The number of hydrogen-bond donors (Lipinski definition) is 0. The minimum Gasteiger partial charge on any atom is -0.457 e. The van der Waals surface area contributed by atoms with Crippen LogP contribution < -0.4 is 4.74 Å². The topological polar surface area (TPSA) is 53.8 Å². The summed E-state index contributed by atoms with van der Waals surface area (Å²) in [5.41, 5.74) is 4.26. The molecule has 9 heteroatoms. The van der Waals surface area contributed by atoms with Crippen LogP contribution >= 0.6 is 23.2 Å². The van der Waals surface area contributed by atoms with Gasteiger partial charge in [0.05, 0.1) is 12.0 Å². The Hall–Kier alpha value is -4.30. The Bertz CT molecular complexity index is 1700. The molecule has 1 fully saturated rings. The van der Waals surface area contributed by atoms with Gasteiger partial charge in [-0.15, -0.1) is 0 Å². The molecule has 0 N–H and O–H groups in total. The van der Waals surface area contributed by atoms with Crippen molar-refractivity contribution >= 4 is 29.2 Å². The number of ether oxygens (including phenoxy) is 1. The highest BCUT2D eigenvalue weighted by atomic mass is 35.5. The highest BCUT2D eigenvalue weighted by molar-refractivity contribution is 6.30. The first kappa shape index (κ1) is 31.7. The van der Waals surface area contributed by atoms with E-state index in [0.29, 0.717) is 36.2 Å². The molecule has 6 rings (SSSR count). The number of rotatable bonds is 11. The molecule has 1 aromatic heterocycles. The molecule has 1 saturated heterocycles. The molecule has 0 bridgehead atoms. The van der Waals surface area contributed by atoms with E-state index in [-0.39, 0.29) is 12.1 Å². The molecule has 0 unspecified atom stereocenters. The summed E-state index contributed by atoms with van der Waals surface area (Å²) in [6, 6.07) is 33.6. The van der Waals surface area contributed by atoms with E-state index >= 15 is 0 Å². The molecule has 0 saturated carbocycles. The van der Waals surface area contributed by atoms with Gasteiger partial charge in [0, 0.05) is 68.6 Å². The van der Waals surface area contributed by atoms with Gasteiger partial charge in [0.2, 0.25) is 0 Å². The van der Waals surface area contributed by atoms with Crippen molar-refractivity contribution in [3.8, 4) is 11.5 Å². The number of hydrogen-bond acceptors (Lipinski definition) is 4. The summed E-state index contributed by atoms with van der Waals surface area (Å²) in [7, 11) is 2.02. The molecule has 0 aliphatic carbocycles. The highest BCUT2D eigenvalue weighted by Gasteiger charge is 2.33. The Morgan fingerprint density at radius 1 is 0.804 bits per heavy atom. The quantitative estimate of drug-likeness (QED) is 0.144. The minimum absolute atomic E-state index is 0.00495. The standard InChI is InChI=1S/C37H37Cl2N5O2/c1-41-27-40-21-34(41)26-43(22-28-13-15-36(16-14-28)46-35-11-3-2-4-12-35)33-17-18-42(25-33)37(45)44(23-29-7-5-9-31(38)19-29)24-30-8-6-10-32(39)20-30/h2-16,19-21,27,33H,17-18,22-26H2,1H3/t33-/m0/s1. The molecule has 0 spiro atoms. The van der Waals surface area contributed by atoms with Gasteiger partial charge in [-0.1, -0.05) is 77.8 Å². The summed E-state index contributed by atoms with van der Waals surface area (Å²) in [6.45, 7) is 3.66. The van der Waals surface area contributed by atoms with E-state index < -0.39 is 0 Å². The molecule has 0 radical (unpaired) electrons. The first-order valence-electron chi connectivity index (χ1n) is 15.4. The van der Waals surface area contributed by atoms with Crippen molar-refractivity contribution in [3.63, 3.8) is 0 Å². The zero-order chi connectivity index (χ0) is 31.9. The number of aryl methyl sites for hydroxylation is 1. The first-order valence-corrected chi connectivity index (χ1v) is 16.2. The zero-order valence-electron chi connectivity index (χ0n) is 25.8. The lowest BCUT2D eigenvalue weighted by molar-refractivity contribution is 0.143. The summed E-state index contributed by atoms with van der Waals surface area (Å²) < 4.78 is 8.07. The third-order valence-corrected chi connectivity index (χ3v) is 8.79. The van der Waals surface area contributed by atoms with Gasteiger partial charge in [0.15, 0.2) is 0 Å². The fraction of sp³-hybridized carbons (Fsp3) is 0.243. The number of carbonyl (C=O) groups excluding carboxylic acids is 1. The molecular formula is C37H37Cl2N5O2. The summed E-state index contributed by atoms with van der Waals surface area (Å²) in [5, 5.41) is 1.30. The van der Waals surface area contributed by atoms with E-state index in [9.17, 15) is 4.79 Å². The molecule has 1 atom stereocenters. The maximum Gasteiger partial charge on any atom is 0.320 e. The Morgan fingerprint density at radius 2 is 1.46 bits per heavy atom. The third-order valence-electron chi connectivity index (χ3n) is 8.32. The van der Waals surface area contributed by atoms with E-state index in [1.165, 1.54) is 5.56 Å². The maximum atomic E-state index is 14.1. The van der Waals surface area contributed by atoms with E-state index in [1.54, 1.807) is 0 Å². The average molecular weight is 655 g/mol. The predicted molar refractivity (Wildman–Crippen MR) is 183 cm³/mol. The van der Waals surface area contributed by atoms with Crippen LogP contribution in [0.4, 0.5) is 4.79 Å². The zero-order valence-corrected chi connectivity index (χ0v) is 27.3. The molecule has 46 heavy (non-hydrogen) atoms. The summed E-state index contributed by atoms with van der Waals surface area (Å²) in [4.78, 5) is 24.8. The lowest BCUT2D eigenvalue weighted by atomic mass is 10.1. The lowest BCUT2D eigenvalue weighted by Gasteiger charge is -2.31. The molecule has 1 aliphatic heterocycles. The summed E-state index contributed by atoms with van der Waals surface area (Å²) >= 11 is 12.6. The minimum atomic E-state index is 0.00495. The van der Waals surface area contributed by atoms with Gasteiger partial charge in [-0.05, 0) is 71.6 Å². The second-order valence-corrected chi connectivity index (χ2v) is 12.6. The lowest BCUT2D eigenvalue weighted by Crippen LogP contribution is -2.43. The van der Waals surface area contributed by atoms with Crippen LogP contribution in [0.1, 0.15) is 28.8 Å². The fourth-order valence-electron chi connectivity index (χ4n) is 5.90. The van der Waals surface area contributed by atoms with Crippen molar-refractivity contribution < 1.29 is 9.53 Å². The van der Waals surface area contributed by atoms with Gasteiger partial charge in [-0.3, -0.25) is 4.90 Å². The van der Waals surface area contributed by atoms with Crippen LogP contribution in [0.2, 0.25) is 10.0 Å². The van der Waals surface area contributed by atoms with E-state index in [4.69, 9.17) is 27.9 Å². The highest BCUT2D eigenvalue weighted by Crippen LogP contribution is 2.26. The molecule has 7 nitrogen and oxygen atoms in total.